The van der Waals surface area contributed by atoms with Crippen molar-refractivity contribution in [2.24, 2.45) is 0 Å². The number of hydrogen-bond acceptors (Lipinski definition) is 6. The molecule has 1 aliphatic heterocycles. The lowest BCUT2D eigenvalue weighted by atomic mass is 9.92. The molecule has 180 valence electrons. The van der Waals surface area contributed by atoms with Gasteiger partial charge in [-0.15, -0.1) is 0 Å². The van der Waals surface area contributed by atoms with Crippen LogP contribution in [0.25, 0.3) is 0 Å². The molecule has 2 aromatic rings. The first-order chi connectivity index (χ1) is 16.1. The largest absolute Gasteiger partial charge is 0.497 e. The number of urea groups is 1. The number of likely N-dealkylation sites (N-methyl/N-ethyl adjacent to an activating group) is 1. The number of rotatable bonds is 8. The fraction of sp³-hybridized carbons (Fsp3) is 0.304. The topological polar surface area (TPSA) is 117 Å². The average Bonchev–Trinajstić information content (AvgIpc) is 3.02. The van der Waals surface area contributed by atoms with Crippen LogP contribution in [-0.4, -0.2) is 67.9 Å². The number of amides is 5. The maximum absolute atomic E-state index is 13.1. The van der Waals surface area contributed by atoms with E-state index in [0.717, 1.165) is 9.80 Å². The third kappa shape index (κ3) is 5.07. The average molecular weight is 489 g/mol. The maximum atomic E-state index is 13.1. The lowest BCUT2D eigenvalue weighted by Gasteiger charge is -2.23. The van der Waals surface area contributed by atoms with Crippen LogP contribution in [0.2, 0.25) is 5.02 Å². The van der Waals surface area contributed by atoms with E-state index in [9.17, 15) is 19.2 Å². The molecule has 0 radical (unpaired) electrons. The number of carbonyl (C=O) groups is 4. The van der Waals surface area contributed by atoms with E-state index in [1.807, 2.05) is 0 Å². The van der Waals surface area contributed by atoms with Crippen LogP contribution in [0.5, 0.6) is 11.5 Å². The van der Waals surface area contributed by atoms with Crippen molar-refractivity contribution in [3.05, 3.63) is 53.1 Å². The highest BCUT2D eigenvalue weighted by Crippen LogP contribution is 2.30. The number of hydrogen-bond donors (Lipinski definition) is 2. The van der Waals surface area contributed by atoms with Crippen LogP contribution in [0.3, 0.4) is 0 Å². The van der Waals surface area contributed by atoms with Crippen molar-refractivity contribution in [1.82, 2.24) is 15.1 Å². The molecule has 1 atom stereocenters. The molecule has 34 heavy (non-hydrogen) atoms. The van der Waals surface area contributed by atoms with Gasteiger partial charge in [0, 0.05) is 12.1 Å². The molecule has 0 aromatic heterocycles. The third-order valence-corrected chi connectivity index (χ3v) is 5.71. The summed E-state index contributed by atoms with van der Waals surface area (Å²) in [6.07, 6.45) is 0. The van der Waals surface area contributed by atoms with E-state index in [1.165, 1.54) is 27.3 Å². The van der Waals surface area contributed by atoms with Crippen LogP contribution < -0.4 is 20.1 Å². The van der Waals surface area contributed by atoms with Gasteiger partial charge < -0.3 is 25.0 Å². The van der Waals surface area contributed by atoms with Gasteiger partial charge in [0.1, 0.15) is 23.6 Å². The molecule has 3 rings (SSSR count). The van der Waals surface area contributed by atoms with E-state index in [2.05, 4.69) is 10.6 Å². The Hall–Kier alpha value is -3.79. The van der Waals surface area contributed by atoms with Crippen molar-refractivity contribution >= 4 is 41.0 Å². The molecule has 0 aliphatic carbocycles. The van der Waals surface area contributed by atoms with Crippen molar-refractivity contribution in [3.8, 4) is 11.5 Å². The first-order valence-electron chi connectivity index (χ1n) is 10.2. The molecule has 10 nitrogen and oxygen atoms in total. The quantitative estimate of drug-likeness (QED) is 0.550. The van der Waals surface area contributed by atoms with Crippen LogP contribution >= 0.6 is 11.6 Å². The van der Waals surface area contributed by atoms with Gasteiger partial charge in [-0.25, -0.2) is 4.79 Å². The van der Waals surface area contributed by atoms with E-state index in [0.29, 0.717) is 27.8 Å². The summed E-state index contributed by atoms with van der Waals surface area (Å²) in [6, 6.07) is 10.7. The fourth-order valence-electron chi connectivity index (χ4n) is 3.49. The number of carbonyl (C=O) groups excluding carboxylic acids is 4. The maximum Gasteiger partial charge on any atom is 0.325 e. The minimum Gasteiger partial charge on any atom is -0.497 e. The molecule has 0 saturated carbocycles. The number of nitrogens with one attached hydrogen (secondary N) is 2. The van der Waals surface area contributed by atoms with Gasteiger partial charge in [0.2, 0.25) is 11.8 Å². The molecule has 11 heteroatoms. The first-order valence-corrected chi connectivity index (χ1v) is 10.6. The van der Waals surface area contributed by atoms with Crippen LogP contribution in [0.1, 0.15) is 12.5 Å². The molecule has 2 N–H and O–H groups in total. The van der Waals surface area contributed by atoms with Crippen LogP contribution in [0.4, 0.5) is 10.5 Å². The minimum absolute atomic E-state index is 0.312. The summed E-state index contributed by atoms with van der Waals surface area (Å²) >= 11 is 5.97. The lowest BCUT2D eigenvalue weighted by Crippen LogP contribution is -2.45. The second-order valence-electron chi connectivity index (χ2n) is 7.82. The highest BCUT2D eigenvalue weighted by molar-refractivity contribution is 6.31. The number of imide groups is 1. The number of anilines is 1. The van der Waals surface area contributed by atoms with Crippen molar-refractivity contribution in [3.63, 3.8) is 0 Å². The first kappa shape index (κ1) is 24.8. The minimum atomic E-state index is -1.33. The summed E-state index contributed by atoms with van der Waals surface area (Å²) < 4.78 is 10.3. The molecule has 1 unspecified atom stereocenters. The third-order valence-electron chi connectivity index (χ3n) is 5.48. The second-order valence-corrected chi connectivity index (χ2v) is 8.25. The molecular formula is C23H25ClN4O6. The Morgan fingerprint density at radius 3 is 2.41 bits per heavy atom. The highest BCUT2D eigenvalue weighted by Gasteiger charge is 2.49. The van der Waals surface area contributed by atoms with Crippen molar-refractivity contribution in [2.75, 3.05) is 39.7 Å². The van der Waals surface area contributed by atoms with E-state index in [-0.39, 0.29) is 6.54 Å². The predicted molar refractivity (Wildman–Crippen MR) is 125 cm³/mol. The molecule has 2 aromatic carbocycles. The van der Waals surface area contributed by atoms with Gasteiger partial charge in [0.25, 0.3) is 5.91 Å². The summed E-state index contributed by atoms with van der Waals surface area (Å²) in [5.74, 6) is -0.653. The zero-order chi connectivity index (χ0) is 25.0. The smallest absolute Gasteiger partial charge is 0.325 e. The van der Waals surface area contributed by atoms with Crippen LogP contribution in [0, 0.1) is 0 Å². The van der Waals surface area contributed by atoms with Crippen molar-refractivity contribution < 1.29 is 28.7 Å². The standard InChI is InChI=1S/C23H25ClN4O6/c1-23(14-5-8-16(33-3)9-6-14)21(31)28(22(32)26-23)13-20(30)27(2)12-19(29)25-17-11-15(24)7-10-18(17)34-4/h5-11H,12-13H2,1-4H3,(H,25,29)(H,26,32). The predicted octanol–water partition coefficient (Wildman–Crippen LogP) is 2.22. The van der Waals surface area contributed by atoms with E-state index >= 15 is 0 Å². The molecule has 5 amide bonds. The summed E-state index contributed by atoms with van der Waals surface area (Å²) in [5, 5.41) is 5.67. The van der Waals surface area contributed by atoms with Gasteiger partial charge >= 0.3 is 6.03 Å². The number of methoxy groups -OCH3 is 2. The molecule has 1 saturated heterocycles. The van der Waals surface area contributed by atoms with E-state index in [1.54, 1.807) is 43.3 Å². The Balaban J connectivity index is 1.64. The van der Waals surface area contributed by atoms with Crippen molar-refractivity contribution in [2.45, 2.75) is 12.5 Å². The van der Waals surface area contributed by atoms with E-state index < -0.39 is 35.8 Å². The van der Waals surface area contributed by atoms with Gasteiger partial charge in [-0.05, 0) is 42.8 Å². The zero-order valence-electron chi connectivity index (χ0n) is 19.2. The second kappa shape index (κ2) is 10.0. The van der Waals surface area contributed by atoms with Gasteiger partial charge in [0.05, 0.1) is 26.5 Å². The molecular weight excluding hydrogens is 464 g/mol. The Bertz CT molecular complexity index is 1120. The number of ether oxygens (including phenoxy) is 2. The van der Waals surface area contributed by atoms with Crippen LogP contribution in [-0.2, 0) is 19.9 Å². The number of halogens is 1. The monoisotopic (exact) mass is 488 g/mol. The molecule has 0 spiro atoms. The van der Waals surface area contributed by atoms with Gasteiger partial charge in [-0.3, -0.25) is 19.3 Å². The molecule has 1 fully saturated rings. The Kier molecular flexibility index (Phi) is 7.31. The fourth-order valence-corrected chi connectivity index (χ4v) is 3.66. The normalized spacial score (nSPS) is 17.3. The Morgan fingerprint density at radius 1 is 1.12 bits per heavy atom. The lowest BCUT2D eigenvalue weighted by molar-refractivity contribution is -0.139. The SMILES string of the molecule is COc1ccc(C2(C)NC(=O)N(CC(=O)N(C)CC(=O)Nc3cc(Cl)ccc3OC)C2=O)cc1. The molecule has 1 aliphatic rings. The molecule has 0 bridgehead atoms. The van der Waals surface area contributed by atoms with Gasteiger partial charge in [-0.1, -0.05) is 23.7 Å². The Labute approximate surface area is 201 Å². The van der Waals surface area contributed by atoms with E-state index in [4.69, 9.17) is 21.1 Å². The number of nitrogens with zero attached hydrogens (tertiary/aromatic N) is 2. The summed E-state index contributed by atoms with van der Waals surface area (Å²) in [4.78, 5) is 52.7. The molecule has 1 heterocycles. The van der Waals surface area contributed by atoms with Gasteiger partial charge in [0.15, 0.2) is 0 Å². The zero-order valence-corrected chi connectivity index (χ0v) is 19.9. The highest BCUT2D eigenvalue weighted by atomic mass is 35.5. The van der Waals surface area contributed by atoms with Gasteiger partial charge in [-0.2, -0.15) is 0 Å². The summed E-state index contributed by atoms with van der Waals surface area (Å²) in [5.41, 5.74) is -0.432. The summed E-state index contributed by atoms with van der Waals surface area (Å²) in [7, 11) is 4.37. The number of benzene rings is 2. The van der Waals surface area contributed by atoms with Crippen LogP contribution in [0.15, 0.2) is 42.5 Å². The Morgan fingerprint density at radius 2 is 1.79 bits per heavy atom. The van der Waals surface area contributed by atoms with Crippen molar-refractivity contribution in [1.29, 1.82) is 0 Å². The summed E-state index contributed by atoms with van der Waals surface area (Å²) in [6.45, 7) is 0.740.